The molecular formula is C14H15BrN2O2. The minimum atomic E-state index is 0.0273. The number of ether oxygens (including phenoxy) is 1. The Morgan fingerprint density at radius 1 is 1.42 bits per heavy atom. The van der Waals surface area contributed by atoms with Gasteiger partial charge in [0.15, 0.2) is 5.78 Å². The van der Waals surface area contributed by atoms with Crippen molar-refractivity contribution in [1.29, 1.82) is 0 Å². The smallest absolute Gasteiger partial charge is 0.185 e. The van der Waals surface area contributed by atoms with Crippen LogP contribution in [0.4, 0.5) is 0 Å². The fraction of sp³-hybridized carbons (Fsp3) is 0.286. The van der Waals surface area contributed by atoms with Crippen LogP contribution >= 0.6 is 15.9 Å². The first kappa shape index (κ1) is 13.8. The van der Waals surface area contributed by atoms with Gasteiger partial charge in [0.1, 0.15) is 11.4 Å². The molecule has 2 aromatic rings. The number of benzene rings is 1. The van der Waals surface area contributed by atoms with E-state index in [-0.39, 0.29) is 5.78 Å². The molecule has 2 rings (SSSR count). The number of halogens is 1. The van der Waals surface area contributed by atoms with Crippen LogP contribution in [0.1, 0.15) is 21.7 Å². The van der Waals surface area contributed by atoms with E-state index in [2.05, 4.69) is 21.0 Å². The molecule has 0 aliphatic rings. The number of aryl methyl sites for hydroxylation is 2. The molecule has 0 bridgehead atoms. The van der Waals surface area contributed by atoms with E-state index in [4.69, 9.17) is 4.74 Å². The van der Waals surface area contributed by atoms with Crippen LogP contribution in [0.25, 0.3) is 0 Å². The number of methoxy groups -OCH3 is 1. The van der Waals surface area contributed by atoms with E-state index < -0.39 is 0 Å². The summed E-state index contributed by atoms with van der Waals surface area (Å²) in [6.07, 6.45) is 0.293. The van der Waals surface area contributed by atoms with E-state index in [1.807, 2.05) is 25.1 Å². The number of carbonyl (C=O) groups excluding carboxylic acids is 1. The molecule has 1 aromatic carbocycles. The molecule has 1 heterocycles. The fourth-order valence-corrected chi connectivity index (χ4v) is 2.43. The van der Waals surface area contributed by atoms with E-state index in [1.54, 1.807) is 24.9 Å². The van der Waals surface area contributed by atoms with Gasteiger partial charge in [-0.15, -0.1) is 0 Å². The van der Waals surface area contributed by atoms with Crippen LogP contribution in [0.15, 0.2) is 28.7 Å². The first-order chi connectivity index (χ1) is 9.01. The van der Waals surface area contributed by atoms with E-state index in [0.717, 1.165) is 21.5 Å². The molecule has 100 valence electrons. The second kappa shape index (κ2) is 5.57. The summed E-state index contributed by atoms with van der Waals surface area (Å²) >= 11 is 3.41. The van der Waals surface area contributed by atoms with E-state index in [1.165, 1.54) is 0 Å². The van der Waals surface area contributed by atoms with Gasteiger partial charge >= 0.3 is 0 Å². The average molecular weight is 323 g/mol. The molecule has 0 fully saturated rings. The molecule has 0 aliphatic carbocycles. The summed E-state index contributed by atoms with van der Waals surface area (Å²) in [5.41, 5.74) is 2.31. The third kappa shape index (κ3) is 3.04. The van der Waals surface area contributed by atoms with Gasteiger partial charge in [0.2, 0.25) is 0 Å². The summed E-state index contributed by atoms with van der Waals surface area (Å²) in [4.78, 5) is 12.3. The van der Waals surface area contributed by atoms with Gasteiger partial charge in [-0.25, -0.2) is 0 Å². The maximum atomic E-state index is 12.3. The van der Waals surface area contributed by atoms with Gasteiger partial charge in [-0.05, 0) is 31.2 Å². The highest BCUT2D eigenvalue weighted by Gasteiger charge is 2.15. The van der Waals surface area contributed by atoms with Crippen molar-refractivity contribution >= 4 is 21.7 Å². The van der Waals surface area contributed by atoms with Crippen LogP contribution in [0.2, 0.25) is 0 Å². The normalized spacial score (nSPS) is 10.5. The Kier molecular flexibility index (Phi) is 4.04. The van der Waals surface area contributed by atoms with Gasteiger partial charge in [-0.3, -0.25) is 9.48 Å². The van der Waals surface area contributed by atoms with E-state index in [9.17, 15) is 4.79 Å². The van der Waals surface area contributed by atoms with Crippen molar-refractivity contribution in [2.24, 2.45) is 7.05 Å². The summed E-state index contributed by atoms with van der Waals surface area (Å²) in [5, 5.41) is 4.19. The van der Waals surface area contributed by atoms with Crippen LogP contribution in [0.3, 0.4) is 0 Å². The standard InChI is InChI=1S/C14H15BrN2O2/c1-9-6-12(17(2)16-9)13(18)8-10-7-11(15)4-5-14(10)19-3/h4-7H,8H2,1-3H3. The Morgan fingerprint density at radius 3 is 2.74 bits per heavy atom. The lowest BCUT2D eigenvalue weighted by Gasteiger charge is -2.08. The van der Waals surface area contributed by atoms with Gasteiger partial charge in [-0.1, -0.05) is 15.9 Å². The summed E-state index contributed by atoms with van der Waals surface area (Å²) < 4.78 is 7.82. The molecule has 4 nitrogen and oxygen atoms in total. The molecular weight excluding hydrogens is 308 g/mol. The highest BCUT2D eigenvalue weighted by atomic mass is 79.9. The second-order valence-corrected chi connectivity index (χ2v) is 5.27. The third-order valence-corrected chi connectivity index (χ3v) is 3.37. The van der Waals surface area contributed by atoms with E-state index in [0.29, 0.717) is 12.1 Å². The lowest BCUT2D eigenvalue weighted by atomic mass is 10.1. The Bertz CT molecular complexity index is 620. The quantitative estimate of drug-likeness (QED) is 0.813. The van der Waals surface area contributed by atoms with Gasteiger partial charge < -0.3 is 4.74 Å². The molecule has 0 N–H and O–H groups in total. The maximum absolute atomic E-state index is 12.3. The fourth-order valence-electron chi connectivity index (χ4n) is 2.02. The molecule has 1 aromatic heterocycles. The SMILES string of the molecule is COc1ccc(Br)cc1CC(=O)c1cc(C)nn1C. The van der Waals surface area contributed by atoms with Gasteiger partial charge in [0.05, 0.1) is 12.8 Å². The molecule has 0 unspecified atom stereocenters. The number of hydrogen-bond donors (Lipinski definition) is 0. The van der Waals surface area contributed by atoms with Crippen molar-refractivity contribution in [1.82, 2.24) is 9.78 Å². The zero-order valence-electron chi connectivity index (χ0n) is 11.1. The molecule has 0 amide bonds. The molecule has 0 atom stereocenters. The zero-order valence-corrected chi connectivity index (χ0v) is 12.7. The molecule has 5 heteroatoms. The number of ketones is 1. The zero-order chi connectivity index (χ0) is 14.0. The van der Waals surface area contributed by atoms with Crippen molar-refractivity contribution in [2.45, 2.75) is 13.3 Å². The Hall–Kier alpha value is -1.62. The van der Waals surface area contributed by atoms with E-state index >= 15 is 0 Å². The molecule has 0 saturated carbocycles. The Balaban J connectivity index is 2.28. The van der Waals surface area contributed by atoms with Crippen LogP contribution in [-0.2, 0) is 13.5 Å². The van der Waals surface area contributed by atoms with Crippen LogP contribution in [0.5, 0.6) is 5.75 Å². The van der Waals surface area contributed by atoms with Crippen molar-refractivity contribution in [3.63, 3.8) is 0 Å². The molecule has 0 spiro atoms. The highest BCUT2D eigenvalue weighted by Crippen LogP contribution is 2.24. The molecule has 0 saturated heterocycles. The first-order valence-electron chi connectivity index (χ1n) is 5.87. The number of nitrogens with zero attached hydrogens (tertiary/aromatic N) is 2. The third-order valence-electron chi connectivity index (χ3n) is 2.88. The summed E-state index contributed by atoms with van der Waals surface area (Å²) in [6.45, 7) is 1.87. The lowest BCUT2D eigenvalue weighted by molar-refractivity contribution is 0.0983. The molecule has 0 radical (unpaired) electrons. The predicted octanol–water partition coefficient (Wildman–Crippen LogP) is 2.93. The number of aromatic nitrogens is 2. The van der Waals surface area contributed by atoms with Gasteiger partial charge in [0.25, 0.3) is 0 Å². The summed E-state index contributed by atoms with van der Waals surface area (Å²) in [6, 6.07) is 7.44. The van der Waals surface area contributed by atoms with Crippen LogP contribution < -0.4 is 4.74 Å². The average Bonchev–Trinajstić information content (AvgIpc) is 2.69. The Morgan fingerprint density at radius 2 is 2.16 bits per heavy atom. The molecule has 0 aliphatic heterocycles. The minimum Gasteiger partial charge on any atom is -0.496 e. The maximum Gasteiger partial charge on any atom is 0.185 e. The predicted molar refractivity (Wildman–Crippen MR) is 76.7 cm³/mol. The van der Waals surface area contributed by atoms with Crippen LogP contribution in [-0.4, -0.2) is 22.7 Å². The molecule has 19 heavy (non-hydrogen) atoms. The topological polar surface area (TPSA) is 44.1 Å². The van der Waals surface area contributed by atoms with Crippen molar-refractivity contribution in [3.8, 4) is 5.75 Å². The van der Waals surface area contributed by atoms with Crippen LogP contribution in [0, 0.1) is 6.92 Å². The van der Waals surface area contributed by atoms with Crippen molar-refractivity contribution < 1.29 is 9.53 Å². The summed E-state index contributed by atoms with van der Waals surface area (Å²) in [7, 11) is 3.38. The number of rotatable bonds is 4. The van der Waals surface area contributed by atoms with Gasteiger partial charge in [0, 0.05) is 23.5 Å². The lowest BCUT2D eigenvalue weighted by Crippen LogP contribution is -2.10. The van der Waals surface area contributed by atoms with Crippen molar-refractivity contribution in [3.05, 3.63) is 45.7 Å². The number of Topliss-reactive ketones (excluding diaryl/α,β-unsaturated/α-hetero) is 1. The Labute approximate surface area is 120 Å². The summed E-state index contributed by atoms with van der Waals surface area (Å²) in [5.74, 6) is 0.745. The first-order valence-corrected chi connectivity index (χ1v) is 6.67. The largest absolute Gasteiger partial charge is 0.496 e. The van der Waals surface area contributed by atoms with Crippen molar-refractivity contribution in [2.75, 3.05) is 7.11 Å². The monoisotopic (exact) mass is 322 g/mol. The second-order valence-electron chi connectivity index (χ2n) is 4.35. The number of hydrogen-bond acceptors (Lipinski definition) is 3. The number of carbonyl (C=O) groups is 1. The minimum absolute atomic E-state index is 0.0273. The highest BCUT2D eigenvalue weighted by molar-refractivity contribution is 9.10. The van der Waals surface area contributed by atoms with Gasteiger partial charge in [-0.2, -0.15) is 5.10 Å².